The summed E-state index contributed by atoms with van der Waals surface area (Å²) >= 11 is 5.78. The highest BCUT2D eigenvalue weighted by molar-refractivity contribution is 6.30. The molecule has 0 bridgehead atoms. The predicted molar refractivity (Wildman–Crippen MR) is 74.3 cm³/mol. The second-order valence-corrected chi connectivity index (χ2v) is 4.74. The highest BCUT2D eigenvalue weighted by Crippen LogP contribution is 2.28. The van der Waals surface area contributed by atoms with Gasteiger partial charge in [0.05, 0.1) is 0 Å². The molecule has 0 aliphatic heterocycles. The standard InChI is InChI=1S/C15H15ClFN/c1-10-3-4-11(9-18-2)7-14(10)13-6-5-12(16)8-15(13)17/h3-8,18H,9H2,1-2H3. The largest absolute Gasteiger partial charge is 0.316 e. The molecule has 0 spiro atoms. The van der Waals surface area contributed by atoms with E-state index in [4.69, 9.17) is 11.6 Å². The van der Waals surface area contributed by atoms with Crippen LogP contribution in [0.2, 0.25) is 5.02 Å². The van der Waals surface area contributed by atoms with Crippen LogP contribution in [0, 0.1) is 12.7 Å². The minimum atomic E-state index is -0.285. The molecule has 2 aromatic carbocycles. The average Bonchev–Trinajstić information content (AvgIpc) is 2.33. The lowest BCUT2D eigenvalue weighted by molar-refractivity contribution is 0.631. The van der Waals surface area contributed by atoms with Crippen LogP contribution in [0.25, 0.3) is 11.1 Å². The lowest BCUT2D eigenvalue weighted by Gasteiger charge is -2.10. The summed E-state index contributed by atoms with van der Waals surface area (Å²) in [4.78, 5) is 0. The molecule has 3 heteroatoms. The first-order valence-corrected chi connectivity index (χ1v) is 6.19. The molecular weight excluding hydrogens is 249 g/mol. The zero-order valence-corrected chi connectivity index (χ0v) is 11.2. The van der Waals surface area contributed by atoms with Gasteiger partial charge in [0.15, 0.2) is 0 Å². The van der Waals surface area contributed by atoms with Gasteiger partial charge in [0.1, 0.15) is 5.82 Å². The number of benzene rings is 2. The molecule has 18 heavy (non-hydrogen) atoms. The Balaban J connectivity index is 2.51. The first kappa shape index (κ1) is 13.1. The Morgan fingerprint density at radius 2 is 1.89 bits per heavy atom. The van der Waals surface area contributed by atoms with E-state index in [-0.39, 0.29) is 5.82 Å². The van der Waals surface area contributed by atoms with Gasteiger partial charge in [-0.3, -0.25) is 0 Å². The van der Waals surface area contributed by atoms with Crippen LogP contribution in [0.1, 0.15) is 11.1 Å². The van der Waals surface area contributed by atoms with E-state index in [1.807, 2.05) is 32.2 Å². The average molecular weight is 264 g/mol. The van der Waals surface area contributed by atoms with E-state index in [9.17, 15) is 4.39 Å². The van der Waals surface area contributed by atoms with Gasteiger partial charge in [0, 0.05) is 17.1 Å². The van der Waals surface area contributed by atoms with E-state index in [1.165, 1.54) is 6.07 Å². The molecule has 2 aromatic rings. The Morgan fingerprint density at radius 1 is 1.11 bits per heavy atom. The highest BCUT2D eigenvalue weighted by Gasteiger charge is 2.09. The monoisotopic (exact) mass is 263 g/mol. The molecule has 0 fully saturated rings. The molecule has 0 aromatic heterocycles. The minimum Gasteiger partial charge on any atom is -0.316 e. The molecule has 2 rings (SSSR count). The molecular formula is C15H15ClFN. The molecule has 0 radical (unpaired) electrons. The van der Waals surface area contributed by atoms with Gasteiger partial charge in [-0.25, -0.2) is 4.39 Å². The van der Waals surface area contributed by atoms with Crippen LogP contribution in [0.15, 0.2) is 36.4 Å². The Morgan fingerprint density at radius 3 is 2.56 bits per heavy atom. The van der Waals surface area contributed by atoms with Gasteiger partial charge in [-0.15, -0.1) is 0 Å². The van der Waals surface area contributed by atoms with Crippen LogP contribution in [-0.4, -0.2) is 7.05 Å². The Bertz CT molecular complexity index is 566. The van der Waals surface area contributed by atoms with Crippen molar-refractivity contribution >= 4 is 11.6 Å². The van der Waals surface area contributed by atoms with Crippen LogP contribution in [0.4, 0.5) is 4.39 Å². The van der Waals surface area contributed by atoms with E-state index in [0.29, 0.717) is 10.6 Å². The van der Waals surface area contributed by atoms with Gasteiger partial charge in [0.2, 0.25) is 0 Å². The second kappa shape index (κ2) is 5.51. The number of halogens is 2. The number of aryl methyl sites for hydroxylation is 1. The number of hydrogen-bond acceptors (Lipinski definition) is 1. The second-order valence-electron chi connectivity index (χ2n) is 4.30. The van der Waals surface area contributed by atoms with Crippen LogP contribution in [-0.2, 0) is 6.54 Å². The Hall–Kier alpha value is -1.38. The van der Waals surface area contributed by atoms with Crippen molar-refractivity contribution in [1.29, 1.82) is 0 Å². The van der Waals surface area contributed by atoms with Crippen molar-refractivity contribution in [2.75, 3.05) is 7.05 Å². The van der Waals surface area contributed by atoms with E-state index in [1.54, 1.807) is 12.1 Å². The highest BCUT2D eigenvalue weighted by atomic mass is 35.5. The van der Waals surface area contributed by atoms with Gasteiger partial charge < -0.3 is 5.32 Å². The number of rotatable bonds is 3. The summed E-state index contributed by atoms with van der Waals surface area (Å²) in [6.07, 6.45) is 0. The number of hydrogen-bond donors (Lipinski definition) is 1. The third-order valence-electron chi connectivity index (χ3n) is 2.90. The molecule has 0 unspecified atom stereocenters. The van der Waals surface area contributed by atoms with Gasteiger partial charge in [-0.2, -0.15) is 0 Å². The van der Waals surface area contributed by atoms with Crippen LogP contribution in [0.5, 0.6) is 0 Å². The fourth-order valence-corrected chi connectivity index (χ4v) is 2.14. The van der Waals surface area contributed by atoms with Crippen molar-refractivity contribution in [3.05, 3.63) is 58.4 Å². The van der Waals surface area contributed by atoms with Crippen LogP contribution < -0.4 is 5.32 Å². The molecule has 0 heterocycles. The molecule has 1 N–H and O–H groups in total. The third-order valence-corrected chi connectivity index (χ3v) is 3.14. The maximum Gasteiger partial charge on any atom is 0.132 e. The van der Waals surface area contributed by atoms with E-state index in [2.05, 4.69) is 5.32 Å². The fraction of sp³-hybridized carbons (Fsp3) is 0.200. The fourth-order valence-electron chi connectivity index (χ4n) is 1.98. The minimum absolute atomic E-state index is 0.285. The summed E-state index contributed by atoms with van der Waals surface area (Å²) in [6.45, 7) is 2.75. The molecule has 94 valence electrons. The molecule has 1 nitrogen and oxygen atoms in total. The summed E-state index contributed by atoms with van der Waals surface area (Å²) in [5.41, 5.74) is 3.69. The third kappa shape index (κ3) is 2.71. The lowest BCUT2D eigenvalue weighted by Crippen LogP contribution is -2.05. The van der Waals surface area contributed by atoms with Crippen molar-refractivity contribution in [3.63, 3.8) is 0 Å². The topological polar surface area (TPSA) is 12.0 Å². The van der Waals surface area contributed by atoms with E-state index < -0.39 is 0 Å². The van der Waals surface area contributed by atoms with Crippen LogP contribution in [0.3, 0.4) is 0 Å². The maximum absolute atomic E-state index is 13.9. The van der Waals surface area contributed by atoms with Gasteiger partial charge >= 0.3 is 0 Å². The maximum atomic E-state index is 13.9. The SMILES string of the molecule is CNCc1ccc(C)c(-c2ccc(Cl)cc2F)c1. The normalized spacial score (nSPS) is 10.7. The van der Waals surface area contributed by atoms with Crippen molar-refractivity contribution in [1.82, 2.24) is 5.32 Å². The van der Waals surface area contributed by atoms with Gasteiger partial charge in [-0.05, 0) is 54.9 Å². The van der Waals surface area contributed by atoms with Crippen molar-refractivity contribution < 1.29 is 4.39 Å². The van der Waals surface area contributed by atoms with Crippen molar-refractivity contribution in [3.8, 4) is 11.1 Å². The molecule has 0 saturated heterocycles. The smallest absolute Gasteiger partial charge is 0.132 e. The quantitative estimate of drug-likeness (QED) is 0.876. The molecule has 0 saturated carbocycles. The summed E-state index contributed by atoms with van der Waals surface area (Å²) in [6, 6.07) is 10.9. The van der Waals surface area contributed by atoms with Gasteiger partial charge in [0.25, 0.3) is 0 Å². The van der Waals surface area contributed by atoms with Gasteiger partial charge in [-0.1, -0.05) is 23.7 Å². The first-order valence-electron chi connectivity index (χ1n) is 5.81. The van der Waals surface area contributed by atoms with E-state index in [0.717, 1.165) is 23.2 Å². The molecule has 0 amide bonds. The lowest BCUT2D eigenvalue weighted by atomic mass is 9.97. The predicted octanol–water partition coefficient (Wildman–Crippen LogP) is 4.17. The van der Waals surface area contributed by atoms with Crippen LogP contribution >= 0.6 is 11.6 Å². The molecule has 0 atom stereocenters. The Kier molecular flexibility index (Phi) is 4.00. The molecule has 0 aliphatic carbocycles. The first-order chi connectivity index (χ1) is 8.61. The summed E-state index contributed by atoms with van der Waals surface area (Å²) in [5.74, 6) is -0.285. The zero-order chi connectivity index (χ0) is 13.1. The van der Waals surface area contributed by atoms with E-state index >= 15 is 0 Å². The zero-order valence-electron chi connectivity index (χ0n) is 10.4. The summed E-state index contributed by atoms with van der Waals surface area (Å²) in [5, 5.41) is 3.51. The Labute approximate surface area is 112 Å². The summed E-state index contributed by atoms with van der Waals surface area (Å²) < 4.78 is 13.9. The summed E-state index contributed by atoms with van der Waals surface area (Å²) in [7, 11) is 1.89. The van der Waals surface area contributed by atoms with Crippen molar-refractivity contribution in [2.24, 2.45) is 0 Å². The molecule has 0 aliphatic rings. The van der Waals surface area contributed by atoms with Crippen molar-refractivity contribution in [2.45, 2.75) is 13.5 Å². The number of nitrogens with one attached hydrogen (secondary N) is 1.